The summed E-state index contributed by atoms with van der Waals surface area (Å²) in [6.45, 7) is 0.213. The molecule has 1 unspecified atom stereocenters. The Hall–Kier alpha value is -1.17. The summed E-state index contributed by atoms with van der Waals surface area (Å²) in [5, 5.41) is 10.3. The Morgan fingerprint density at radius 1 is 1.43 bits per heavy atom. The normalized spacial score (nSPS) is 31.5. The fraction of sp³-hybridized carbons (Fsp3) is 0.533. The first-order valence-corrected chi connectivity index (χ1v) is 7.51. The Morgan fingerprint density at radius 3 is 2.57 bits per heavy atom. The van der Waals surface area contributed by atoms with Gasteiger partial charge in [-0.1, -0.05) is 11.6 Å². The first kappa shape index (κ1) is 14.8. The predicted octanol–water partition coefficient (Wildman–Crippen LogP) is 1.94. The fourth-order valence-electron chi connectivity index (χ4n) is 3.60. The number of nitrogens with zero attached hydrogens (tertiary/aromatic N) is 1. The number of halogens is 2. The molecule has 2 bridgehead atoms. The van der Waals surface area contributed by atoms with Gasteiger partial charge in [0.1, 0.15) is 5.82 Å². The van der Waals surface area contributed by atoms with Gasteiger partial charge < -0.3 is 15.7 Å². The molecule has 2 aliphatic rings. The number of carbonyl (C=O) groups is 1. The highest BCUT2D eigenvalue weighted by Crippen LogP contribution is 2.41. The van der Waals surface area contributed by atoms with Gasteiger partial charge in [0.2, 0.25) is 0 Å². The molecule has 1 aromatic rings. The van der Waals surface area contributed by atoms with Crippen molar-refractivity contribution in [2.75, 3.05) is 6.54 Å². The molecular weight excluding hydrogens is 295 g/mol. The van der Waals surface area contributed by atoms with Crippen LogP contribution < -0.4 is 5.73 Å². The van der Waals surface area contributed by atoms with Crippen molar-refractivity contribution in [3.05, 3.63) is 34.6 Å². The molecule has 1 aromatic carbocycles. The number of nitrogens with two attached hydrogens (primary N) is 1. The van der Waals surface area contributed by atoms with Crippen molar-refractivity contribution in [1.29, 1.82) is 0 Å². The van der Waals surface area contributed by atoms with Gasteiger partial charge in [-0.15, -0.1) is 0 Å². The minimum absolute atomic E-state index is 0.00590. The van der Waals surface area contributed by atoms with Crippen molar-refractivity contribution in [1.82, 2.24) is 4.90 Å². The molecule has 0 spiro atoms. The second-order valence-corrected chi connectivity index (χ2v) is 6.47. The molecule has 3 rings (SSSR count). The Labute approximate surface area is 127 Å². The van der Waals surface area contributed by atoms with Gasteiger partial charge in [-0.3, -0.25) is 4.79 Å². The van der Waals surface area contributed by atoms with E-state index in [-0.39, 0.29) is 29.6 Å². The third-order valence-corrected chi connectivity index (χ3v) is 4.92. The number of benzene rings is 1. The maximum Gasteiger partial charge on any atom is 0.254 e. The summed E-state index contributed by atoms with van der Waals surface area (Å²) in [4.78, 5) is 14.5. The van der Waals surface area contributed by atoms with Crippen LogP contribution in [0.5, 0.6) is 0 Å². The number of amides is 1. The summed E-state index contributed by atoms with van der Waals surface area (Å²) in [5.41, 5.74) is 5.16. The number of fused-ring (bicyclic) bond motifs is 2. The quantitative estimate of drug-likeness (QED) is 0.877. The van der Waals surface area contributed by atoms with Crippen LogP contribution in [0, 0.1) is 5.82 Å². The molecular formula is C15H18ClFN2O2. The molecule has 2 heterocycles. The molecule has 3 N–H and O–H groups in total. The summed E-state index contributed by atoms with van der Waals surface area (Å²) >= 11 is 5.75. The third-order valence-electron chi connectivity index (χ3n) is 4.63. The highest BCUT2D eigenvalue weighted by atomic mass is 35.5. The standard InChI is InChI=1S/C15H18ClFN2O2/c16-12-5-9(1-4-13(12)17)14(20)19-10-2-3-11(19)7-15(21,6-10)8-18/h1,4-5,10-11,21H,2-3,6-8,18H2/t10-,11+,15?. The number of piperidine rings is 1. The summed E-state index contributed by atoms with van der Waals surface area (Å²) in [6.07, 6.45) is 2.74. The van der Waals surface area contributed by atoms with Crippen LogP contribution in [0.1, 0.15) is 36.0 Å². The molecule has 2 aliphatic heterocycles. The Kier molecular flexibility index (Phi) is 3.67. The summed E-state index contributed by atoms with van der Waals surface area (Å²) in [6, 6.07) is 4.01. The van der Waals surface area contributed by atoms with E-state index in [1.54, 1.807) is 0 Å². The van der Waals surface area contributed by atoms with Gasteiger partial charge in [0.05, 0.1) is 10.6 Å². The van der Waals surface area contributed by atoms with Crippen molar-refractivity contribution in [2.45, 2.75) is 43.4 Å². The molecule has 4 nitrogen and oxygen atoms in total. The molecule has 114 valence electrons. The fourth-order valence-corrected chi connectivity index (χ4v) is 3.78. The van der Waals surface area contributed by atoms with E-state index in [0.717, 1.165) is 12.8 Å². The number of rotatable bonds is 2. The van der Waals surface area contributed by atoms with Gasteiger partial charge in [-0.05, 0) is 43.9 Å². The monoisotopic (exact) mass is 312 g/mol. The van der Waals surface area contributed by atoms with Gasteiger partial charge in [0, 0.05) is 24.2 Å². The van der Waals surface area contributed by atoms with Gasteiger partial charge in [0.15, 0.2) is 0 Å². The van der Waals surface area contributed by atoms with Crippen LogP contribution in [0.15, 0.2) is 18.2 Å². The molecule has 3 atom stereocenters. The Morgan fingerprint density at radius 2 is 2.05 bits per heavy atom. The molecule has 2 saturated heterocycles. The molecule has 0 radical (unpaired) electrons. The highest BCUT2D eigenvalue weighted by molar-refractivity contribution is 6.31. The van der Waals surface area contributed by atoms with E-state index < -0.39 is 11.4 Å². The summed E-state index contributed by atoms with van der Waals surface area (Å²) in [5.74, 6) is -0.684. The molecule has 1 amide bonds. The third kappa shape index (κ3) is 2.54. The minimum atomic E-state index is -0.872. The van der Waals surface area contributed by atoms with Crippen LogP contribution in [0.25, 0.3) is 0 Å². The largest absolute Gasteiger partial charge is 0.388 e. The first-order valence-electron chi connectivity index (χ1n) is 7.14. The van der Waals surface area contributed by atoms with Gasteiger partial charge in [0.25, 0.3) is 5.91 Å². The lowest BCUT2D eigenvalue weighted by Gasteiger charge is -2.43. The van der Waals surface area contributed by atoms with Crippen LogP contribution in [-0.4, -0.2) is 40.1 Å². The lowest BCUT2D eigenvalue weighted by molar-refractivity contribution is -0.0366. The van der Waals surface area contributed by atoms with Crippen LogP contribution in [-0.2, 0) is 0 Å². The number of hydrogen-bond acceptors (Lipinski definition) is 3. The zero-order valence-corrected chi connectivity index (χ0v) is 12.3. The Bertz CT molecular complexity index is 567. The second-order valence-electron chi connectivity index (χ2n) is 6.06. The predicted molar refractivity (Wildman–Crippen MR) is 77.6 cm³/mol. The van der Waals surface area contributed by atoms with E-state index in [1.807, 2.05) is 4.90 Å². The minimum Gasteiger partial charge on any atom is -0.388 e. The van der Waals surface area contributed by atoms with E-state index in [2.05, 4.69) is 0 Å². The number of aliphatic hydroxyl groups is 1. The van der Waals surface area contributed by atoms with Crippen LogP contribution in [0.3, 0.4) is 0 Å². The number of carbonyl (C=O) groups excluding carboxylic acids is 1. The first-order chi connectivity index (χ1) is 9.93. The van der Waals surface area contributed by atoms with Crippen molar-refractivity contribution in [2.24, 2.45) is 5.73 Å². The molecule has 6 heteroatoms. The van der Waals surface area contributed by atoms with Crippen molar-refractivity contribution in [3.63, 3.8) is 0 Å². The van der Waals surface area contributed by atoms with Crippen LogP contribution in [0.2, 0.25) is 5.02 Å². The zero-order chi connectivity index (χ0) is 15.2. The average Bonchev–Trinajstić information content (AvgIpc) is 2.74. The molecule has 21 heavy (non-hydrogen) atoms. The maximum absolute atomic E-state index is 13.2. The van der Waals surface area contributed by atoms with E-state index in [0.29, 0.717) is 18.4 Å². The Balaban J connectivity index is 1.85. The van der Waals surface area contributed by atoms with Crippen molar-refractivity contribution in [3.8, 4) is 0 Å². The molecule has 0 aliphatic carbocycles. The van der Waals surface area contributed by atoms with Gasteiger partial charge in [-0.25, -0.2) is 4.39 Å². The van der Waals surface area contributed by atoms with Crippen LogP contribution >= 0.6 is 11.6 Å². The van der Waals surface area contributed by atoms with Crippen molar-refractivity contribution < 1.29 is 14.3 Å². The lowest BCUT2D eigenvalue weighted by Crippen LogP contribution is -2.55. The van der Waals surface area contributed by atoms with E-state index in [4.69, 9.17) is 17.3 Å². The maximum atomic E-state index is 13.2. The van der Waals surface area contributed by atoms with Crippen LogP contribution in [0.4, 0.5) is 4.39 Å². The number of hydrogen-bond donors (Lipinski definition) is 2. The second kappa shape index (κ2) is 5.23. The van der Waals surface area contributed by atoms with Crippen molar-refractivity contribution >= 4 is 17.5 Å². The van der Waals surface area contributed by atoms with Gasteiger partial charge in [-0.2, -0.15) is 0 Å². The summed E-state index contributed by atoms with van der Waals surface area (Å²) < 4.78 is 13.2. The summed E-state index contributed by atoms with van der Waals surface area (Å²) in [7, 11) is 0. The topological polar surface area (TPSA) is 66.6 Å². The smallest absolute Gasteiger partial charge is 0.254 e. The zero-order valence-electron chi connectivity index (χ0n) is 11.6. The average molecular weight is 313 g/mol. The van der Waals surface area contributed by atoms with E-state index in [9.17, 15) is 14.3 Å². The lowest BCUT2D eigenvalue weighted by atomic mass is 9.86. The van der Waals surface area contributed by atoms with E-state index in [1.165, 1.54) is 18.2 Å². The van der Waals surface area contributed by atoms with Gasteiger partial charge >= 0.3 is 0 Å². The molecule has 0 aromatic heterocycles. The molecule has 0 saturated carbocycles. The molecule has 2 fully saturated rings. The highest BCUT2D eigenvalue weighted by Gasteiger charge is 2.48. The SMILES string of the molecule is NCC1(O)C[C@H]2CC[C@@H](C1)N2C(=O)c1ccc(F)c(Cl)c1. The van der Waals surface area contributed by atoms with E-state index >= 15 is 0 Å².